The normalized spacial score (nSPS) is 14.9. The van der Waals surface area contributed by atoms with Gasteiger partial charge >= 0.3 is 17.9 Å². The average molecular weight is 611 g/mol. The molecule has 0 radical (unpaired) electrons. The van der Waals surface area contributed by atoms with Crippen molar-refractivity contribution in [2.24, 2.45) is 11.5 Å². The minimum Gasteiger partial charge on any atom is -0.481 e. The van der Waals surface area contributed by atoms with E-state index in [1.165, 1.54) is 0 Å². The Balaban J connectivity index is 5.78. The minimum absolute atomic E-state index is 0.0609. The summed E-state index contributed by atoms with van der Waals surface area (Å²) in [4.78, 5) is 84.7. The van der Waals surface area contributed by atoms with Crippen LogP contribution in [0, 0.1) is 0 Å². The van der Waals surface area contributed by atoms with Gasteiger partial charge in [0.1, 0.15) is 24.2 Å². The average Bonchev–Trinajstić information content (AvgIpc) is 2.83. The highest BCUT2D eigenvalue weighted by atomic mass is 32.1. The molecule has 0 heterocycles. The van der Waals surface area contributed by atoms with Crippen molar-refractivity contribution in [1.82, 2.24) is 21.3 Å². The summed E-state index contributed by atoms with van der Waals surface area (Å²) < 4.78 is -0.947. The van der Waals surface area contributed by atoms with Gasteiger partial charge in [0.15, 0.2) is 0 Å². The van der Waals surface area contributed by atoms with Gasteiger partial charge in [-0.15, -0.1) is 0 Å². The number of carboxylic acid groups (broad SMARTS) is 3. The fourth-order valence-electron chi connectivity index (χ4n) is 3.11. The molecule has 0 bridgehead atoms. The Labute approximate surface area is 241 Å². The number of carbonyl (C=O) groups is 7. The van der Waals surface area contributed by atoms with E-state index in [2.05, 4.69) is 41.2 Å². The number of nitrogens with two attached hydrogens (primary N) is 2. The monoisotopic (exact) mass is 610 g/mol. The van der Waals surface area contributed by atoms with E-state index in [1.807, 2.05) is 5.32 Å². The van der Waals surface area contributed by atoms with Crippen LogP contribution >= 0.6 is 25.3 Å². The predicted octanol–water partition coefficient (Wildman–Crippen LogP) is -2.95. The van der Waals surface area contributed by atoms with Crippen molar-refractivity contribution >= 4 is 66.8 Å². The second-order valence-corrected chi connectivity index (χ2v) is 10.9. The SMILES string of the molecule is CC(C)(S)[C@H](N)C(=O)N[C@@H](CS)C(=O)N[C@@H](CC(=O)O)C(=O)N[C@@H](CCCCN)C(=O)N[C@@H](CC(=O)O)C(=O)O. The van der Waals surface area contributed by atoms with E-state index in [9.17, 15) is 43.8 Å². The van der Waals surface area contributed by atoms with Crippen LogP contribution in [0.15, 0.2) is 0 Å². The van der Waals surface area contributed by atoms with Crippen molar-refractivity contribution in [1.29, 1.82) is 0 Å². The van der Waals surface area contributed by atoms with E-state index in [0.29, 0.717) is 6.42 Å². The van der Waals surface area contributed by atoms with Crippen LogP contribution in [0.2, 0.25) is 0 Å². The maximum Gasteiger partial charge on any atom is 0.326 e. The Morgan fingerprint density at radius 2 is 1.15 bits per heavy atom. The number of hydrogen-bond acceptors (Lipinski definition) is 11. The largest absolute Gasteiger partial charge is 0.481 e. The molecule has 0 fully saturated rings. The Bertz CT molecular complexity index is 946. The van der Waals surface area contributed by atoms with Crippen molar-refractivity contribution in [2.45, 2.75) is 80.9 Å². The molecule has 16 nitrogen and oxygen atoms in total. The van der Waals surface area contributed by atoms with Crippen LogP contribution in [0.3, 0.4) is 0 Å². The maximum atomic E-state index is 13.0. The molecule has 0 saturated heterocycles. The van der Waals surface area contributed by atoms with E-state index in [0.717, 1.165) is 0 Å². The van der Waals surface area contributed by atoms with E-state index in [4.69, 9.17) is 16.6 Å². The van der Waals surface area contributed by atoms with Crippen LogP contribution in [0.25, 0.3) is 0 Å². The van der Waals surface area contributed by atoms with Gasteiger partial charge in [-0.1, -0.05) is 0 Å². The van der Waals surface area contributed by atoms with Crippen LogP contribution in [0.1, 0.15) is 46.0 Å². The van der Waals surface area contributed by atoms with Crippen molar-refractivity contribution in [3.05, 3.63) is 0 Å². The Morgan fingerprint density at radius 3 is 1.60 bits per heavy atom. The quantitative estimate of drug-likeness (QED) is 0.0517. The highest BCUT2D eigenvalue weighted by Gasteiger charge is 2.34. The van der Waals surface area contributed by atoms with E-state index >= 15 is 0 Å². The molecule has 228 valence electrons. The number of aliphatic carboxylic acids is 3. The summed E-state index contributed by atoms with van der Waals surface area (Å²) in [5.74, 6) is -8.71. The van der Waals surface area contributed by atoms with E-state index < -0.39 is 89.3 Å². The lowest BCUT2D eigenvalue weighted by Crippen LogP contribution is -2.60. The highest BCUT2D eigenvalue weighted by molar-refractivity contribution is 7.81. The van der Waals surface area contributed by atoms with Gasteiger partial charge in [0, 0.05) is 10.5 Å². The molecule has 0 aliphatic rings. The fraction of sp³-hybridized carbons (Fsp3) is 0.682. The lowest BCUT2D eigenvalue weighted by Gasteiger charge is -2.28. The van der Waals surface area contributed by atoms with Crippen molar-refractivity contribution < 1.29 is 48.9 Å². The van der Waals surface area contributed by atoms with Crippen LogP contribution in [-0.2, 0) is 33.6 Å². The van der Waals surface area contributed by atoms with Crippen LogP contribution in [0.5, 0.6) is 0 Å². The lowest BCUT2D eigenvalue weighted by atomic mass is 10.0. The van der Waals surface area contributed by atoms with Crippen LogP contribution in [-0.4, -0.2) is 104 Å². The van der Waals surface area contributed by atoms with Gasteiger partial charge < -0.3 is 48.1 Å². The molecular weight excluding hydrogens is 572 g/mol. The first-order chi connectivity index (χ1) is 18.4. The van der Waals surface area contributed by atoms with E-state index in [-0.39, 0.29) is 25.1 Å². The third-order valence-corrected chi connectivity index (χ3v) is 6.09. The van der Waals surface area contributed by atoms with Crippen molar-refractivity contribution in [2.75, 3.05) is 12.3 Å². The lowest BCUT2D eigenvalue weighted by molar-refractivity contribution is -0.147. The van der Waals surface area contributed by atoms with Crippen LogP contribution < -0.4 is 32.7 Å². The summed E-state index contributed by atoms with van der Waals surface area (Å²) in [6.07, 6.45) is -1.21. The summed E-state index contributed by atoms with van der Waals surface area (Å²) in [6, 6.07) is -7.40. The summed E-state index contributed by atoms with van der Waals surface area (Å²) in [6.45, 7) is 3.38. The number of carbonyl (C=O) groups excluding carboxylic acids is 4. The molecular formula is C22H38N6O10S2. The van der Waals surface area contributed by atoms with Gasteiger partial charge in [0.2, 0.25) is 23.6 Å². The summed E-state index contributed by atoms with van der Waals surface area (Å²) >= 11 is 8.23. The first-order valence-corrected chi connectivity index (χ1v) is 13.2. The Morgan fingerprint density at radius 1 is 0.725 bits per heavy atom. The van der Waals surface area contributed by atoms with Gasteiger partial charge in [0.25, 0.3) is 0 Å². The molecule has 18 heteroatoms. The molecule has 0 aromatic carbocycles. The highest BCUT2D eigenvalue weighted by Crippen LogP contribution is 2.16. The molecule has 0 aromatic rings. The molecule has 0 spiro atoms. The number of amides is 4. The van der Waals surface area contributed by atoms with Crippen LogP contribution in [0.4, 0.5) is 0 Å². The molecule has 0 aliphatic heterocycles. The van der Waals surface area contributed by atoms with Crippen molar-refractivity contribution in [3.8, 4) is 0 Å². The third kappa shape index (κ3) is 13.8. The van der Waals surface area contributed by atoms with Gasteiger partial charge in [-0.3, -0.25) is 28.8 Å². The van der Waals surface area contributed by atoms with E-state index in [1.54, 1.807) is 13.8 Å². The van der Waals surface area contributed by atoms with Gasteiger partial charge in [0.05, 0.1) is 18.9 Å². The Hall–Kier alpha value is -3.09. The molecule has 0 aromatic heterocycles. The zero-order valence-corrected chi connectivity index (χ0v) is 23.9. The fourth-order valence-corrected chi connectivity index (χ4v) is 3.49. The molecule has 0 rings (SSSR count). The second-order valence-electron chi connectivity index (χ2n) is 9.38. The topological polar surface area (TPSA) is 280 Å². The number of thiol groups is 2. The number of unbranched alkanes of at least 4 members (excludes halogenated alkanes) is 1. The Kier molecular flexibility index (Phi) is 16.2. The molecule has 40 heavy (non-hydrogen) atoms. The zero-order valence-electron chi connectivity index (χ0n) is 22.1. The van der Waals surface area contributed by atoms with Gasteiger partial charge in [-0.25, -0.2) is 4.79 Å². The van der Waals surface area contributed by atoms with Gasteiger partial charge in [-0.2, -0.15) is 25.3 Å². The standard InChI is InChI=1S/C22H38N6O10S2/c1-22(2,40)16(24)20(36)28-13(9-39)19(35)26-11(7-14(29)30)18(34)25-10(5-3-4-6-23)17(33)27-12(21(37)38)8-15(31)32/h10-13,16,39-40H,3-9,23-24H2,1-2H3,(H,25,34)(H,26,35)(H,27,33)(H,28,36)(H,29,30)(H,31,32)(H,37,38)/t10-,11-,12-,13-,16+/m0/s1. The smallest absolute Gasteiger partial charge is 0.326 e. The predicted molar refractivity (Wildman–Crippen MR) is 148 cm³/mol. The second kappa shape index (κ2) is 17.6. The molecule has 0 saturated carbocycles. The van der Waals surface area contributed by atoms with Gasteiger partial charge in [-0.05, 0) is 39.7 Å². The number of hydrogen-bond donors (Lipinski definition) is 11. The van der Waals surface area contributed by atoms with Crippen molar-refractivity contribution in [3.63, 3.8) is 0 Å². The molecule has 0 unspecified atom stereocenters. The third-order valence-electron chi connectivity index (χ3n) is 5.44. The number of carboxylic acids is 3. The summed E-state index contributed by atoms with van der Waals surface area (Å²) in [5, 5.41) is 36.2. The molecule has 4 amide bonds. The maximum absolute atomic E-state index is 13.0. The number of rotatable bonds is 19. The number of nitrogens with one attached hydrogen (secondary N) is 4. The summed E-state index contributed by atoms with van der Waals surface area (Å²) in [5.41, 5.74) is 11.3. The minimum atomic E-state index is -1.80. The first-order valence-electron chi connectivity index (χ1n) is 12.1. The summed E-state index contributed by atoms with van der Waals surface area (Å²) in [7, 11) is 0. The zero-order chi connectivity index (χ0) is 31.2. The molecule has 5 atom stereocenters. The first kappa shape index (κ1) is 36.9. The molecule has 0 aliphatic carbocycles. The molecule has 11 N–H and O–H groups in total.